The number of rotatable bonds is 6. The number of hydrogen-bond acceptors (Lipinski definition) is 3. The van der Waals surface area contributed by atoms with Crippen LogP contribution < -0.4 is 0 Å². The van der Waals surface area contributed by atoms with E-state index in [2.05, 4.69) is 223 Å². The van der Waals surface area contributed by atoms with Gasteiger partial charge in [0.25, 0.3) is 0 Å². The summed E-state index contributed by atoms with van der Waals surface area (Å²) in [6.07, 6.45) is 0. The van der Waals surface area contributed by atoms with Crippen LogP contribution in [0.3, 0.4) is 0 Å². The van der Waals surface area contributed by atoms with Crippen LogP contribution in [0.25, 0.3) is 106 Å². The third-order valence-corrected chi connectivity index (χ3v) is 14.3. The summed E-state index contributed by atoms with van der Waals surface area (Å²) in [6.45, 7) is 0. The lowest BCUT2D eigenvalue weighted by Gasteiger charge is -2.39. The molecular formula is C64H40N4. The first kappa shape index (κ1) is 38.3. The van der Waals surface area contributed by atoms with Crippen molar-refractivity contribution >= 4 is 21.8 Å². The summed E-state index contributed by atoms with van der Waals surface area (Å²) >= 11 is 0. The molecule has 0 fully saturated rings. The zero-order valence-electron chi connectivity index (χ0n) is 36.9. The standard InChI is InChI=1S/C64H40N4/c1-4-18-41(19-5-1)42-34-36-45(37-35-42)62-65-61(44-22-8-3-9-23-44)66-63(67-62)51-28-17-30-55-59(51)52-40-46(48-25-11-10-24-47(48)43-20-6-2-7-21-43)38-39-53(52)64(55)54-29-13-15-33-58(54)68-57-32-14-12-26-49(57)50-27-16-31-56(64)60(50)68/h1-40H. The molecule has 4 heteroatoms. The Morgan fingerprint density at radius 1 is 0.294 bits per heavy atom. The highest BCUT2D eigenvalue weighted by Gasteiger charge is 2.51. The van der Waals surface area contributed by atoms with E-state index < -0.39 is 5.41 Å². The molecule has 0 bridgehead atoms. The predicted molar refractivity (Wildman–Crippen MR) is 278 cm³/mol. The Kier molecular flexibility index (Phi) is 8.46. The molecule has 10 aromatic carbocycles. The number of aromatic nitrogens is 4. The van der Waals surface area contributed by atoms with Gasteiger partial charge in [0.2, 0.25) is 0 Å². The highest BCUT2D eigenvalue weighted by Crippen LogP contribution is 2.63. The van der Waals surface area contributed by atoms with Gasteiger partial charge in [0.1, 0.15) is 0 Å². The number of nitrogens with zero attached hydrogens (tertiary/aromatic N) is 4. The van der Waals surface area contributed by atoms with Crippen molar-refractivity contribution in [2.75, 3.05) is 0 Å². The molecule has 3 heterocycles. The Morgan fingerprint density at radius 2 is 0.794 bits per heavy atom. The zero-order chi connectivity index (χ0) is 44.8. The summed E-state index contributed by atoms with van der Waals surface area (Å²) in [5.41, 5.74) is 20.1. The Bertz CT molecular complexity index is 3950. The molecule has 1 aliphatic heterocycles. The van der Waals surface area contributed by atoms with Gasteiger partial charge >= 0.3 is 0 Å². The van der Waals surface area contributed by atoms with E-state index in [-0.39, 0.29) is 0 Å². The number of fused-ring (bicyclic) bond motifs is 12. The van der Waals surface area contributed by atoms with Gasteiger partial charge in [-0.3, -0.25) is 0 Å². The fraction of sp³-hybridized carbons (Fsp3) is 0.0156. The second kappa shape index (κ2) is 15.0. The molecule has 0 N–H and O–H groups in total. The third kappa shape index (κ3) is 5.58. The quantitative estimate of drug-likeness (QED) is 0.167. The number of para-hydroxylation sites is 3. The molecule has 4 nitrogen and oxygen atoms in total. The zero-order valence-corrected chi connectivity index (χ0v) is 36.9. The first-order valence-corrected chi connectivity index (χ1v) is 23.3. The molecule has 2 aromatic heterocycles. The highest BCUT2D eigenvalue weighted by atomic mass is 15.0. The predicted octanol–water partition coefficient (Wildman–Crippen LogP) is 15.6. The lowest BCUT2D eigenvalue weighted by Crippen LogP contribution is -2.33. The van der Waals surface area contributed by atoms with Crippen molar-refractivity contribution < 1.29 is 0 Å². The fourth-order valence-electron chi connectivity index (χ4n) is 11.4. The molecule has 1 unspecified atom stereocenters. The van der Waals surface area contributed by atoms with E-state index in [1.165, 1.54) is 77.6 Å². The molecule has 1 aliphatic carbocycles. The van der Waals surface area contributed by atoms with Crippen LogP contribution in [0.5, 0.6) is 0 Å². The van der Waals surface area contributed by atoms with E-state index in [1.807, 2.05) is 24.3 Å². The summed E-state index contributed by atoms with van der Waals surface area (Å²) in [6, 6.07) is 87.6. The van der Waals surface area contributed by atoms with Crippen LogP contribution in [-0.2, 0) is 5.41 Å². The van der Waals surface area contributed by atoms with E-state index in [1.54, 1.807) is 0 Å². The van der Waals surface area contributed by atoms with Crippen LogP contribution in [0.15, 0.2) is 243 Å². The second-order valence-corrected chi connectivity index (χ2v) is 17.8. The molecular weight excluding hydrogens is 825 g/mol. The van der Waals surface area contributed by atoms with Gasteiger partial charge in [-0.2, -0.15) is 0 Å². The molecule has 2 aliphatic rings. The smallest absolute Gasteiger partial charge is 0.164 e. The van der Waals surface area contributed by atoms with Crippen molar-refractivity contribution in [1.82, 2.24) is 19.5 Å². The van der Waals surface area contributed by atoms with Crippen molar-refractivity contribution in [3.63, 3.8) is 0 Å². The van der Waals surface area contributed by atoms with Crippen molar-refractivity contribution in [2.24, 2.45) is 0 Å². The summed E-state index contributed by atoms with van der Waals surface area (Å²) in [5, 5.41) is 2.50. The van der Waals surface area contributed by atoms with Crippen molar-refractivity contribution in [1.29, 1.82) is 0 Å². The van der Waals surface area contributed by atoms with Crippen LogP contribution in [0.2, 0.25) is 0 Å². The van der Waals surface area contributed by atoms with Crippen LogP contribution >= 0.6 is 0 Å². The molecule has 0 saturated carbocycles. The van der Waals surface area contributed by atoms with Crippen molar-refractivity contribution in [3.8, 4) is 84.4 Å². The topological polar surface area (TPSA) is 43.6 Å². The maximum atomic E-state index is 5.44. The van der Waals surface area contributed by atoms with E-state index >= 15 is 0 Å². The minimum atomic E-state index is -0.663. The minimum absolute atomic E-state index is 0.627. The van der Waals surface area contributed by atoms with Gasteiger partial charge in [-0.1, -0.05) is 224 Å². The normalized spacial score (nSPS) is 14.2. The van der Waals surface area contributed by atoms with Gasteiger partial charge in [0, 0.05) is 27.5 Å². The second-order valence-electron chi connectivity index (χ2n) is 17.8. The molecule has 316 valence electrons. The Hall–Kier alpha value is -8.99. The lowest BCUT2D eigenvalue weighted by molar-refractivity contribution is 0.748. The molecule has 0 saturated heterocycles. The summed E-state index contributed by atoms with van der Waals surface area (Å²) in [4.78, 5) is 16.0. The van der Waals surface area contributed by atoms with E-state index in [9.17, 15) is 0 Å². The van der Waals surface area contributed by atoms with Crippen LogP contribution in [-0.4, -0.2) is 19.5 Å². The van der Waals surface area contributed by atoms with Crippen LogP contribution in [0.1, 0.15) is 22.3 Å². The lowest BCUT2D eigenvalue weighted by atomic mass is 9.65. The first-order valence-electron chi connectivity index (χ1n) is 23.3. The molecule has 1 spiro atoms. The third-order valence-electron chi connectivity index (χ3n) is 14.3. The fourth-order valence-corrected chi connectivity index (χ4v) is 11.4. The number of benzene rings is 10. The monoisotopic (exact) mass is 864 g/mol. The highest BCUT2D eigenvalue weighted by molar-refractivity contribution is 6.13. The average Bonchev–Trinajstić information content (AvgIpc) is 3.92. The summed E-state index contributed by atoms with van der Waals surface area (Å²) in [5.74, 6) is 1.89. The molecule has 0 amide bonds. The van der Waals surface area contributed by atoms with Gasteiger partial charge in [0.15, 0.2) is 17.5 Å². The van der Waals surface area contributed by atoms with Gasteiger partial charge < -0.3 is 4.57 Å². The number of hydrogen-bond donors (Lipinski definition) is 0. The van der Waals surface area contributed by atoms with E-state index in [0.717, 1.165) is 33.4 Å². The van der Waals surface area contributed by atoms with Crippen LogP contribution in [0, 0.1) is 0 Å². The summed E-state index contributed by atoms with van der Waals surface area (Å²) < 4.78 is 2.50. The molecule has 12 aromatic rings. The minimum Gasteiger partial charge on any atom is -0.309 e. The molecule has 68 heavy (non-hydrogen) atoms. The van der Waals surface area contributed by atoms with Gasteiger partial charge in [-0.25, -0.2) is 15.0 Å². The van der Waals surface area contributed by atoms with Crippen LogP contribution in [0.4, 0.5) is 0 Å². The van der Waals surface area contributed by atoms with Gasteiger partial charge in [0.05, 0.1) is 22.1 Å². The molecule has 0 radical (unpaired) electrons. The Balaban J connectivity index is 1.07. The van der Waals surface area contributed by atoms with Gasteiger partial charge in [-0.05, 0) is 85.0 Å². The average molecular weight is 865 g/mol. The molecule has 1 atom stereocenters. The SMILES string of the molecule is c1ccc(-c2ccc(-c3nc(-c4ccccc4)nc(-c4cccc5c4-c4cc(-c6ccccc6-c6ccccc6)ccc4C54c5ccccc5-n5c6ccccc6c6cccc4c65)n3)cc2)cc1. The van der Waals surface area contributed by atoms with E-state index in [4.69, 9.17) is 15.0 Å². The largest absolute Gasteiger partial charge is 0.309 e. The van der Waals surface area contributed by atoms with Crippen molar-refractivity contribution in [3.05, 3.63) is 265 Å². The maximum Gasteiger partial charge on any atom is 0.164 e. The maximum absolute atomic E-state index is 5.44. The summed E-state index contributed by atoms with van der Waals surface area (Å²) in [7, 11) is 0. The van der Waals surface area contributed by atoms with Crippen molar-refractivity contribution in [2.45, 2.75) is 5.41 Å². The Morgan fingerprint density at radius 3 is 1.56 bits per heavy atom. The van der Waals surface area contributed by atoms with Gasteiger partial charge in [-0.15, -0.1) is 0 Å². The first-order chi connectivity index (χ1) is 33.7. The molecule has 14 rings (SSSR count). The van der Waals surface area contributed by atoms with E-state index in [0.29, 0.717) is 17.5 Å². The Labute approximate surface area is 394 Å².